The second-order valence-corrected chi connectivity index (χ2v) is 7.87. The Morgan fingerprint density at radius 1 is 1.06 bits per heavy atom. The van der Waals surface area contributed by atoms with E-state index in [-0.39, 0.29) is 28.5 Å². The number of ether oxygens (including phenoxy) is 2. The van der Waals surface area contributed by atoms with Crippen LogP contribution in [0.4, 0.5) is 26.3 Å². The van der Waals surface area contributed by atoms with E-state index < -0.39 is 35.9 Å². The second-order valence-electron chi connectivity index (χ2n) is 7.47. The lowest BCUT2D eigenvalue weighted by atomic mass is 9.64. The fourth-order valence-corrected chi connectivity index (χ4v) is 3.97. The van der Waals surface area contributed by atoms with Gasteiger partial charge in [0, 0.05) is 5.56 Å². The molecule has 2 aromatic rings. The molecule has 0 unspecified atom stereocenters. The van der Waals surface area contributed by atoms with Crippen molar-refractivity contribution in [3.05, 3.63) is 52.5 Å². The molecule has 0 saturated heterocycles. The number of hydrogen-bond acceptors (Lipinski definition) is 3. The first-order valence-corrected chi connectivity index (χ1v) is 10.1. The minimum absolute atomic E-state index is 0.00623. The van der Waals surface area contributed by atoms with Crippen LogP contribution in [0.25, 0.3) is 11.1 Å². The molecule has 1 aliphatic rings. The Bertz CT molecular complexity index is 979. The number of halogens is 7. The minimum atomic E-state index is -4.66. The van der Waals surface area contributed by atoms with Crippen molar-refractivity contribution in [2.45, 2.75) is 44.0 Å². The van der Waals surface area contributed by atoms with E-state index in [0.29, 0.717) is 18.4 Å². The maximum absolute atomic E-state index is 12.9. The normalized spacial score (nSPS) is 15.8. The lowest BCUT2D eigenvalue weighted by molar-refractivity contribution is -0.155. The van der Waals surface area contributed by atoms with Crippen molar-refractivity contribution < 1.29 is 40.6 Å². The average molecular weight is 481 g/mol. The van der Waals surface area contributed by atoms with E-state index in [1.807, 2.05) is 0 Å². The molecular weight excluding hydrogens is 462 g/mol. The van der Waals surface area contributed by atoms with Crippen LogP contribution < -0.4 is 4.74 Å². The van der Waals surface area contributed by atoms with Gasteiger partial charge in [-0.25, -0.2) is 0 Å². The van der Waals surface area contributed by atoms with Crippen molar-refractivity contribution in [3.8, 4) is 16.9 Å². The molecule has 1 fully saturated rings. The first-order chi connectivity index (χ1) is 14.9. The second kappa shape index (κ2) is 8.84. The van der Waals surface area contributed by atoms with Crippen molar-refractivity contribution in [2.24, 2.45) is 0 Å². The van der Waals surface area contributed by atoms with Crippen LogP contribution in [0.5, 0.6) is 5.75 Å². The predicted octanol–water partition coefficient (Wildman–Crippen LogP) is 6.95. The van der Waals surface area contributed by atoms with Gasteiger partial charge in [-0.15, -0.1) is 0 Å². The van der Waals surface area contributed by atoms with Gasteiger partial charge in [-0.3, -0.25) is 4.79 Å². The maximum atomic E-state index is 12.9. The highest BCUT2D eigenvalue weighted by atomic mass is 35.5. The van der Waals surface area contributed by atoms with Crippen molar-refractivity contribution in [2.75, 3.05) is 13.2 Å². The van der Waals surface area contributed by atoms with E-state index in [9.17, 15) is 31.1 Å². The van der Waals surface area contributed by atoms with Gasteiger partial charge in [-0.2, -0.15) is 26.3 Å². The molecule has 0 N–H and O–H groups in total. The van der Waals surface area contributed by atoms with Crippen LogP contribution in [0.15, 0.2) is 36.4 Å². The molecule has 0 bridgehead atoms. The maximum Gasteiger partial charge on any atom is 0.422 e. The molecule has 0 atom stereocenters. The van der Waals surface area contributed by atoms with E-state index >= 15 is 0 Å². The molecule has 0 aliphatic heterocycles. The quantitative estimate of drug-likeness (QED) is 0.331. The summed E-state index contributed by atoms with van der Waals surface area (Å²) in [5.74, 6) is -0.786. The molecule has 2 aromatic carbocycles. The van der Waals surface area contributed by atoms with Gasteiger partial charge in [0.05, 0.1) is 22.6 Å². The summed E-state index contributed by atoms with van der Waals surface area (Å²) >= 11 is 6.38. The van der Waals surface area contributed by atoms with Gasteiger partial charge in [-0.1, -0.05) is 30.2 Å². The number of hydrogen-bond donors (Lipinski definition) is 0. The number of carbonyl (C=O) groups excluding carboxylic acids is 1. The van der Waals surface area contributed by atoms with Crippen molar-refractivity contribution in [1.82, 2.24) is 0 Å². The van der Waals surface area contributed by atoms with E-state index in [1.165, 1.54) is 12.1 Å². The summed E-state index contributed by atoms with van der Waals surface area (Å²) < 4.78 is 87.3. The molecule has 0 amide bonds. The van der Waals surface area contributed by atoms with Crippen molar-refractivity contribution in [1.29, 1.82) is 0 Å². The molecule has 0 radical (unpaired) electrons. The largest absolute Gasteiger partial charge is 0.483 e. The Labute approximate surface area is 185 Å². The predicted molar refractivity (Wildman–Crippen MR) is 106 cm³/mol. The van der Waals surface area contributed by atoms with Crippen LogP contribution in [-0.2, 0) is 21.1 Å². The summed E-state index contributed by atoms with van der Waals surface area (Å²) in [6.45, 7) is 0.144. The molecule has 0 spiro atoms. The molecule has 174 valence electrons. The van der Waals surface area contributed by atoms with Gasteiger partial charge in [0.1, 0.15) is 5.75 Å². The fraction of sp³-hybridized carbons (Fsp3) is 0.409. The summed E-state index contributed by atoms with van der Waals surface area (Å²) in [7, 11) is 0. The SMILES string of the molecule is CCOC(=O)C1(c2cc(Cl)c(-c3ccc(C(F)(F)F)cc3)c(OCC(F)(F)F)c2)CCC1. The first-order valence-electron chi connectivity index (χ1n) is 9.76. The van der Waals surface area contributed by atoms with Crippen LogP contribution in [-0.4, -0.2) is 25.4 Å². The summed E-state index contributed by atoms with van der Waals surface area (Å²) in [4.78, 5) is 12.6. The lowest BCUT2D eigenvalue weighted by Gasteiger charge is -2.40. The Hall–Kier alpha value is -2.42. The molecule has 32 heavy (non-hydrogen) atoms. The van der Waals surface area contributed by atoms with E-state index in [1.54, 1.807) is 6.92 Å². The number of carbonyl (C=O) groups is 1. The van der Waals surface area contributed by atoms with Crippen LogP contribution in [0, 0.1) is 0 Å². The zero-order chi connectivity index (χ0) is 23.7. The zero-order valence-electron chi connectivity index (χ0n) is 16.9. The van der Waals surface area contributed by atoms with Gasteiger partial charge >= 0.3 is 18.3 Å². The van der Waals surface area contributed by atoms with Gasteiger partial charge < -0.3 is 9.47 Å². The first kappa shape index (κ1) is 24.2. The third kappa shape index (κ3) is 4.98. The summed E-state index contributed by atoms with van der Waals surface area (Å²) in [6, 6.07) is 6.55. The van der Waals surface area contributed by atoms with E-state index in [2.05, 4.69) is 0 Å². The van der Waals surface area contributed by atoms with E-state index in [0.717, 1.165) is 30.7 Å². The van der Waals surface area contributed by atoms with Crippen LogP contribution in [0.2, 0.25) is 5.02 Å². The summed E-state index contributed by atoms with van der Waals surface area (Å²) in [5, 5.41) is -0.0463. The third-order valence-corrected chi connectivity index (χ3v) is 5.67. The molecule has 3 rings (SSSR count). The van der Waals surface area contributed by atoms with Gasteiger partial charge in [0.15, 0.2) is 6.61 Å². The topological polar surface area (TPSA) is 35.5 Å². The van der Waals surface area contributed by atoms with Crippen molar-refractivity contribution in [3.63, 3.8) is 0 Å². The van der Waals surface area contributed by atoms with Gasteiger partial charge in [-0.05, 0) is 55.2 Å². The Morgan fingerprint density at radius 3 is 2.16 bits per heavy atom. The highest BCUT2D eigenvalue weighted by Crippen LogP contribution is 2.49. The smallest absolute Gasteiger partial charge is 0.422 e. The zero-order valence-corrected chi connectivity index (χ0v) is 17.6. The van der Waals surface area contributed by atoms with Gasteiger partial charge in [0.2, 0.25) is 0 Å². The van der Waals surface area contributed by atoms with Crippen molar-refractivity contribution >= 4 is 17.6 Å². The number of alkyl halides is 6. The minimum Gasteiger partial charge on any atom is -0.483 e. The monoisotopic (exact) mass is 480 g/mol. The third-order valence-electron chi connectivity index (χ3n) is 5.37. The Balaban J connectivity index is 2.10. The fourth-order valence-electron chi connectivity index (χ4n) is 3.65. The summed E-state index contributed by atoms with van der Waals surface area (Å²) in [5.41, 5.74) is -1.46. The molecule has 0 aromatic heterocycles. The Morgan fingerprint density at radius 2 is 1.69 bits per heavy atom. The number of rotatable bonds is 6. The van der Waals surface area contributed by atoms with Crippen LogP contribution in [0.1, 0.15) is 37.3 Å². The highest BCUT2D eigenvalue weighted by Gasteiger charge is 2.47. The standard InChI is InChI=1S/C22H19ClF6O3/c1-2-31-19(30)20(8-3-9-20)15-10-16(23)18(17(11-15)32-12-21(24,25)26)13-4-6-14(7-5-13)22(27,28)29/h4-7,10-11H,2-3,8-9,12H2,1H3. The number of benzene rings is 2. The van der Waals surface area contributed by atoms with E-state index in [4.69, 9.17) is 21.1 Å². The molecule has 0 heterocycles. The van der Waals surface area contributed by atoms with Crippen LogP contribution >= 0.6 is 11.6 Å². The van der Waals surface area contributed by atoms with Gasteiger partial charge in [0.25, 0.3) is 0 Å². The lowest BCUT2D eigenvalue weighted by Crippen LogP contribution is -2.43. The number of esters is 1. The highest BCUT2D eigenvalue weighted by molar-refractivity contribution is 6.33. The Kier molecular flexibility index (Phi) is 6.70. The molecule has 10 heteroatoms. The molecular formula is C22H19ClF6O3. The molecule has 3 nitrogen and oxygen atoms in total. The average Bonchev–Trinajstić information content (AvgIpc) is 2.64. The summed E-state index contributed by atoms with van der Waals surface area (Å²) in [6.07, 6.45) is -7.65. The molecule has 1 saturated carbocycles. The van der Waals surface area contributed by atoms with Crippen LogP contribution in [0.3, 0.4) is 0 Å². The molecule has 1 aliphatic carbocycles.